The number of hydrogen-bond acceptors (Lipinski definition) is 5. The van der Waals surface area contributed by atoms with E-state index in [2.05, 4.69) is 12.1 Å². The summed E-state index contributed by atoms with van der Waals surface area (Å²) in [5.41, 5.74) is 1.51. The van der Waals surface area contributed by atoms with Crippen LogP contribution in [0.15, 0.2) is 48.5 Å². The number of phenolic OH excluding ortho intramolecular Hbond substituents is 1. The van der Waals surface area contributed by atoms with Crippen LogP contribution in [0.1, 0.15) is 22.8 Å². The van der Waals surface area contributed by atoms with Gasteiger partial charge in [0, 0.05) is 12.1 Å². The van der Waals surface area contributed by atoms with Gasteiger partial charge in [-0.1, -0.05) is 30.3 Å². The average molecular weight is 343 g/mol. The topological polar surface area (TPSA) is 59.0 Å². The normalized spacial score (nSPS) is 12.0. The van der Waals surface area contributed by atoms with E-state index in [4.69, 9.17) is 9.47 Å². The third kappa shape index (κ3) is 5.50. The number of rotatable bonds is 8. The van der Waals surface area contributed by atoms with E-state index in [1.165, 1.54) is 23.8 Å². The molecule has 5 heteroatoms. The van der Waals surface area contributed by atoms with E-state index in [0.29, 0.717) is 17.9 Å². The average Bonchev–Trinajstić information content (AvgIpc) is 2.59. The number of aromatic hydroxyl groups is 1. The molecule has 0 saturated heterocycles. The molecule has 0 saturated carbocycles. The Morgan fingerprint density at radius 1 is 1.16 bits per heavy atom. The Kier molecular flexibility index (Phi) is 6.83. The Morgan fingerprint density at radius 3 is 2.52 bits per heavy atom. The van der Waals surface area contributed by atoms with Gasteiger partial charge < -0.3 is 19.5 Å². The lowest BCUT2D eigenvalue weighted by Crippen LogP contribution is -2.35. The molecule has 2 aromatic rings. The summed E-state index contributed by atoms with van der Waals surface area (Å²) in [6, 6.07) is 14.6. The second-order valence-corrected chi connectivity index (χ2v) is 6.02. The van der Waals surface area contributed by atoms with Crippen molar-refractivity contribution in [3.63, 3.8) is 0 Å². The van der Waals surface area contributed by atoms with Crippen LogP contribution in [0.5, 0.6) is 11.5 Å². The highest BCUT2D eigenvalue weighted by Crippen LogP contribution is 2.25. The van der Waals surface area contributed by atoms with Gasteiger partial charge in [0.05, 0.1) is 6.61 Å². The third-order valence-electron chi connectivity index (χ3n) is 3.94. The van der Waals surface area contributed by atoms with Crippen LogP contribution in [0.3, 0.4) is 0 Å². The Labute approximate surface area is 148 Å². The minimum Gasteiger partial charge on any atom is -0.508 e. The molecular weight excluding hydrogens is 318 g/mol. The first-order valence-corrected chi connectivity index (χ1v) is 8.34. The van der Waals surface area contributed by atoms with Gasteiger partial charge in [0.1, 0.15) is 23.7 Å². The molecule has 134 valence electrons. The fraction of sp³-hybridized carbons (Fsp3) is 0.350. The molecule has 0 aliphatic rings. The third-order valence-corrected chi connectivity index (χ3v) is 3.94. The highest BCUT2D eigenvalue weighted by Gasteiger charge is 2.19. The van der Waals surface area contributed by atoms with Crippen LogP contribution in [0.25, 0.3) is 0 Å². The minimum atomic E-state index is -0.455. The van der Waals surface area contributed by atoms with Gasteiger partial charge in [0.15, 0.2) is 0 Å². The number of carbonyl (C=O) groups is 1. The maximum atomic E-state index is 12.4. The molecule has 2 aromatic carbocycles. The fourth-order valence-electron chi connectivity index (χ4n) is 2.48. The monoisotopic (exact) mass is 343 g/mol. The van der Waals surface area contributed by atoms with E-state index in [9.17, 15) is 9.90 Å². The second kappa shape index (κ2) is 9.08. The zero-order valence-electron chi connectivity index (χ0n) is 14.9. The summed E-state index contributed by atoms with van der Waals surface area (Å²) in [5.74, 6) is -0.0735. The van der Waals surface area contributed by atoms with Crippen molar-refractivity contribution in [1.82, 2.24) is 4.90 Å². The minimum absolute atomic E-state index is 0.0512. The lowest BCUT2D eigenvalue weighted by atomic mass is 10.1. The Morgan fingerprint density at radius 2 is 1.88 bits per heavy atom. The first kappa shape index (κ1) is 18.8. The molecular formula is C20H25NO4. The number of ether oxygens (including phenoxy) is 2. The van der Waals surface area contributed by atoms with Crippen LogP contribution in [-0.2, 0) is 11.2 Å². The van der Waals surface area contributed by atoms with Crippen molar-refractivity contribution in [2.24, 2.45) is 0 Å². The Hall–Kier alpha value is -2.53. The SMILES string of the molecule is CCOc1cc(O)ccc1C(=O)OC[C@H](Cc1ccccc1)N(C)C. The summed E-state index contributed by atoms with van der Waals surface area (Å²) in [6.45, 7) is 2.49. The number of hydrogen-bond donors (Lipinski definition) is 1. The lowest BCUT2D eigenvalue weighted by Gasteiger charge is -2.24. The standard InChI is InChI=1S/C20H25NO4/c1-4-24-19-13-17(22)10-11-18(19)20(23)25-14-16(21(2)3)12-15-8-6-5-7-9-15/h5-11,13,16,22H,4,12,14H2,1-3H3/t16-/m0/s1. The van der Waals surface area contributed by atoms with Crippen molar-refractivity contribution in [2.45, 2.75) is 19.4 Å². The van der Waals surface area contributed by atoms with Crippen LogP contribution in [0, 0.1) is 0 Å². The van der Waals surface area contributed by atoms with Gasteiger partial charge in [0.2, 0.25) is 0 Å². The molecule has 0 aliphatic carbocycles. The summed E-state index contributed by atoms with van der Waals surface area (Å²) < 4.78 is 10.9. The molecule has 0 radical (unpaired) electrons. The molecule has 0 aliphatic heterocycles. The van der Waals surface area contributed by atoms with Crippen molar-refractivity contribution in [3.05, 3.63) is 59.7 Å². The number of carbonyl (C=O) groups excluding carboxylic acids is 1. The van der Waals surface area contributed by atoms with Gasteiger partial charge in [-0.15, -0.1) is 0 Å². The quantitative estimate of drug-likeness (QED) is 0.746. The number of benzene rings is 2. The summed E-state index contributed by atoms with van der Waals surface area (Å²) in [7, 11) is 3.93. The first-order chi connectivity index (χ1) is 12.0. The predicted molar refractivity (Wildman–Crippen MR) is 97.2 cm³/mol. The van der Waals surface area contributed by atoms with Crippen molar-refractivity contribution in [2.75, 3.05) is 27.3 Å². The van der Waals surface area contributed by atoms with Gasteiger partial charge in [-0.05, 0) is 45.1 Å². The molecule has 0 aromatic heterocycles. The highest BCUT2D eigenvalue weighted by atomic mass is 16.5. The molecule has 0 spiro atoms. The molecule has 0 heterocycles. The Balaban J connectivity index is 2.04. The van der Waals surface area contributed by atoms with Crippen LogP contribution >= 0.6 is 0 Å². The van der Waals surface area contributed by atoms with Crippen molar-refractivity contribution >= 4 is 5.97 Å². The zero-order chi connectivity index (χ0) is 18.2. The van der Waals surface area contributed by atoms with Gasteiger partial charge in [-0.2, -0.15) is 0 Å². The number of nitrogens with zero attached hydrogens (tertiary/aromatic N) is 1. The lowest BCUT2D eigenvalue weighted by molar-refractivity contribution is 0.0396. The van der Waals surface area contributed by atoms with E-state index in [0.717, 1.165) is 6.42 Å². The summed E-state index contributed by atoms with van der Waals surface area (Å²) in [6.07, 6.45) is 0.787. The molecule has 2 rings (SSSR count). The van der Waals surface area contributed by atoms with E-state index in [1.807, 2.05) is 44.1 Å². The van der Waals surface area contributed by atoms with Crippen LogP contribution in [-0.4, -0.2) is 49.3 Å². The molecule has 0 unspecified atom stereocenters. The van der Waals surface area contributed by atoms with E-state index in [-0.39, 0.29) is 18.4 Å². The van der Waals surface area contributed by atoms with Crippen molar-refractivity contribution < 1.29 is 19.4 Å². The highest BCUT2D eigenvalue weighted by molar-refractivity contribution is 5.92. The molecule has 0 fully saturated rings. The van der Waals surface area contributed by atoms with E-state index in [1.54, 1.807) is 0 Å². The van der Waals surface area contributed by atoms with Gasteiger partial charge in [-0.25, -0.2) is 4.79 Å². The van der Waals surface area contributed by atoms with E-state index < -0.39 is 5.97 Å². The molecule has 0 bridgehead atoms. The maximum Gasteiger partial charge on any atom is 0.341 e. The number of esters is 1. The van der Waals surface area contributed by atoms with Gasteiger partial charge in [-0.3, -0.25) is 0 Å². The second-order valence-electron chi connectivity index (χ2n) is 6.02. The summed E-state index contributed by atoms with van der Waals surface area (Å²) >= 11 is 0. The summed E-state index contributed by atoms with van der Waals surface area (Å²) in [4.78, 5) is 14.5. The molecule has 25 heavy (non-hydrogen) atoms. The van der Waals surface area contributed by atoms with Gasteiger partial charge >= 0.3 is 5.97 Å². The number of likely N-dealkylation sites (N-methyl/N-ethyl adjacent to an activating group) is 1. The van der Waals surface area contributed by atoms with Crippen molar-refractivity contribution in [3.8, 4) is 11.5 Å². The molecule has 5 nitrogen and oxygen atoms in total. The largest absolute Gasteiger partial charge is 0.508 e. The van der Waals surface area contributed by atoms with Crippen LogP contribution in [0.4, 0.5) is 0 Å². The molecule has 0 amide bonds. The Bertz CT molecular complexity index is 685. The molecule has 1 atom stereocenters. The van der Waals surface area contributed by atoms with Crippen LogP contribution in [0.2, 0.25) is 0 Å². The van der Waals surface area contributed by atoms with Gasteiger partial charge in [0.25, 0.3) is 0 Å². The smallest absolute Gasteiger partial charge is 0.341 e. The summed E-state index contributed by atoms with van der Waals surface area (Å²) in [5, 5.41) is 9.56. The van der Waals surface area contributed by atoms with Crippen molar-refractivity contribution in [1.29, 1.82) is 0 Å². The van der Waals surface area contributed by atoms with Crippen LogP contribution < -0.4 is 4.74 Å². The van der Waals surface area contributed by atoms with E-state index >= 15 is 0 Å². The first-order valence-electron chi connectivity index (χ1n) is 8.34. The predicted octanol–water partition coefficient (Wildman–Crippen LogP) is 3.12. The fourth-order valence-corrected chi connectivity index (χ4v) is 2.48. The molecule has 1 N–H and O–H groups in total. The zero-order valence-corrected chi connectivity index (χ0v) is 14.9. The number of phenols is 1. The maximum absolute atomic E-state index is 12.4.